The van der Waals surface area contributed by atoms with Gasteiger partial charge >= 0.3 is 6.09 Å². The fourth-order valence-electron chi connectivity index (χ4n) is 4.32. The van der Waals surface area contributed by atoms with Crippen molar-refractivity contribution < 1.29 is 23.8 Å². The van der Waals surface area contributed by atoms with Crippen LogP contribution in [0.25, 0.3) is 0 Å². The molecule has 0 spiro atoms. The second-order valence-corrected chi connectivity index (χ2v) is 11.2. The highest BCUT2D eigenvalue weighted by Gasteiger charge is 2.30. The lowest BCUT2D eigenvalue weighted by molar-refractivity contribution is 0.0292. The standard InChI is InChI=1S/C30H35N7O5/c1-30(2,3)42-29(39)37-15-12-19(17-37)35-27(32)25-23(11-14-34-26(25)31)41-21-6-4-18(5-7-21)28(38)36-24-16-22(10-13-33-24)40-20-8-9-20/h4-7,10-11,13-14,16,19-20H,8-9,12,15,17H2,1-3H3,(H2,31,34)(H2,32,35)(H,33,36,38). The predicted octanol–water partition coefficient (Wildman–Crippen LogP) is 4.36. The number of likely N-dealkylation sites (tertiary alicyclic amines) is 1. The zero-order chi connectivity index (χ0) is 29.9. The van der Waals surface area contributed by atoms with E-state index in [1.54, 1.807) is 53.6 Å². The van der Waals surface area contributed by atoms with Crippen LogP contribution in [-0.4, -0.2) is 63.5 Å². The summed E-state index contributed by atoms with van der Waals surface area (Å²) in [6, 6.07) is 11.5. The molecule has 3 aromatic rings. The van der Waals surface area contributed by atoms with Gasteiger partial charge in [0.2, 0.25) is 0 Å². The van der Waals surface area contributed by atoms with Gasteiger partial charge in [-0.2, -0.15) is 0 Å². The first-order chi connectivity index (χ1) is 20.0. The molecule has 1 aliphatic carbocycles. The maximum atomic E-state index is 12.8. The van der Waals surface area contributed by atoms with Gasteiger partial charge in [-0.3, -0.25) is 9.79 Å². The molecular formula is C30H35N7O5. The zero-order valence-electron chi connectivity index (χ0n) is 23.9. The van der Waals surface area contributed by atoms with E-state index < -0.39 is 5.60 Å². The summed E-state index contributed by atoms with van der Waals surface area (Å²) >= 11 is 0. The minimum Gasteiger partial charge on any atom is -0.490 e. The SMILES string of the molecule is CC(C)(C)OC(=O)N1CCC(N=C(N)c2c(Oc3ccc(C(=O)Nc4cc(OC5CC5)ccn4)cc3)ccnc2N)C1. The van der Waals surface area contributed by atoms with Crippen LogP contribution in [0.3, 0.4) is 0 Å². The summed E-state index contributed by atoms with van der Waals surface area (Å²) < 4.78 is 17.3. The lowest BCUT2D eigenvalue weighted by atomic mass is 10.2. The van der Waals surface area contributed by atoms with E-state index in [9.17, 15) is 9.59 Å². The van der Waals surface area contributed by atoms with Crippen molar-refractivity contribution in [1.29, 1.82) is 0 Å². The molecule has 12 heteroatoms. The average Bonchev–Trinajstić information content (AvgIpc) is 3.61. The summed E-state index contributed by atoms with van der Waals surface area (Å²) in [5.74, 6) is 1.90. The normalized spacial score (nSPS) is 17.1. The molecule has 12 nitrogen and oxygen atoms in total. The molecule has 2 aromatic heterocycles. The number of rotatable bonds is 8. The molecule has 1 atom stereocenters. The van der Waals surface area contributed by atoms with Gasteiger partial charge in [0.1, 0.15) is 45.9 Å². The van der Waals surface area contributed by atoms with Crippen LogP contribution in [0.2, 0.25) is 0 Å². The van der Waals surface area contributed by atoms with E-state index in [4.69, 9.17) is 25.7 Å². The number of anilines is 2. The molecule has 1 unspecified atom stereocenters. The number of benzene rings is 1. The van der Waals surface area contributed by atoms with Crippen LogP contribution in [0.1, 0.15) is 56.0 Å². The molecule has 42 heavy (non-hydrogen) atoms. The first-order valence-electron chi connectivity index (χ1n) is 13.8. The third-order valence-corrected chi connectivity index (χ3v) is 6.48. The third-order valence-electron chi connectivity index (χ3n) is 6.48. The molecule has 5 rings (SSSR count). The molecule has 5 N–H and O–H groups in total. The van der Waals surface area contributed by atoms with Crippen LogP contribution in [-0.2, 0) is 4.74 Å². The molecule has 0 radical (unpaired) electrons. The summed E-state index contributed by atoms with van der Waals surface area (Å²) in [6.45, 7) is 6.37. The largest absolute Gasteiger partial charge is 0.490 e. The van der Waals surface area contributed by atoms with E-state index >= 15 is 0 Å². The van der Waals surface area contributed by atoms with Gasteiger partial charge in [-0.25, -0.2) is 14.8 Å². The van der Waals surface area contributed by atoms with Crippen molar-refractivity contribution in [2.45, 2.75) is 57.8 Å². The summed E-state index contributed by atoms with van der Waals surface area (Å²) in [4.78, 5) is 39.8. The van der Waals surface area contributed by atoms with Crippen molar-refractivity contribution >= 4 is 29.5 Å². The quantitative estimate of drug-likeness (QED) is 0.262. The highest BCUT2D eigenvalue weighted by atomic mass is 16.6. The van der Waals surface area contributed by atoms with Gasteiger partial charge in [0.05, 0.1) is 12.1 Å². The Kier molecular flexibility index (Phi) is 8.14. The van der Waals surface area contributed by atoms with Gasteiger partial charge in [0.25, 0.3) is 5.91 Å². The van der Waals surface area contributed by atoms with Gasteiger partial charge in [-0.15, -0.1) is 0 Å². The number of pyridine rings is 2. The molecule has 2 aliphatic rings. The average molecular weight is 574 g/mol. The number of nitrogens with two attached hydrogens (primary N) is 2. The minimum atomic E-state index is -0.580. The van der Waals surface area contributed by atoms with Crippen molar-refractivity contribution in [2.75, 3.05) is 24.1 Å². The molecule has 1 aromatic carbocycles. The lowest BCUT2D eigenvalue weighted by Crippen LogP contribution is -2.35. The monoisotopic (exact) mass is 573 g/mol. The second kappa shape index (κ2) is 11.9. The van der Waals surface area contributed by atoms with Crippen molar-refractivity contribution in [2.24, 2.45) is 10.7 Å². The Hall–Kier alpha value is -4.87. The number of nitrogens with zero attached hydrogens (tertiary/aromatic N) is 4. The maximum Gasteiger partial charge on any atom is 0.410 e. The molecule has 1 saturated heterocycles. The molecule has 2 fully saturated rings. The Morgan fingerprint density at radius 2 is 1.76 bits per heavy atom. The maximum absolute atomic E-state index is 12.8. The molecule has 0 bridgehead atoms. The number of nitrogen functional groups attached to an aromatic ring is 1. The Balaban J connectivity index is 1.24. The minimum absolute atomic E-state index is 0.156. The third kappa shape index (κ3) is 7.45. The van der Waals surface area contributed by atoms with Crippen LogP contribution in [0.15, 0.2) is 59.9 Å². The van der Waals surface area contributed by atoms with E-state index in [0.29, 0.717) is 53.7 Å². The number of amides is 2. The highest BCUT2D eigenvalue weighted by Crippen LogP contribution is 2.30. The summed E-state index contributed by atoms with van der Waals surface area (Å²) in [7, 11) is 0. The summed E-state index contributed by atoms with van der Waals surface area (Å²) in [5.41, 5.74) is 12.7. The number of ether oxygens (including phenoxy) is 3. The zero-order valence-corrected chi connectivity index (χ0v) is 23.9. The number of aromatic nitrogens is 2. The van der Waals surface area contributed by atoms with Crippen LogP contribution in [0, 0.1) is 0 Å². The molecule has 3 heterocycles. The fraction of sp³-hybridized carbons (Fsp3) is 0.367. The molecule has 2 amide bonds. The Labute approximate surface area is 244 Å². The molecular weight excluding hydrogens is 538 g/mol. The number of hydrogen-bond acceptors (Lipinski definition) is 9. The number of hydrogen-bond donors (Lipinski definition) is 3. The Morgan fingerprint density at radius 1 is 1.02 bits per heavy atom. The van der Waals surface area contributed by atoms with Crippen molar-refractivity contribution in [1.82, 2.24) is 14.9 Å². The van der Waals surface area contributed by atoms with Crippen LogP contribution >= 0.6 is 0 Å². The topological polar surface area (TPSA) is 167 Å². The van der Waals surface area contributed by atoms with Crippen LogP contribution < -0.4 is 26.3 Å². The van der Waals surface area contributed by atoms with Gasteiger partial charge in [0, 0.05) is 43.2 Å². The Morgan fingerprint density at radius 3 is 2.48 bits per heavy atom. The number of carbonyl (C=O) groups is 2. The van der Waals surface area contributed by atoms with E-state index in [2.05, 4.69) is 20.3 Å². The Bertz CT molecular complexity index is 1480. The van der Waals surface area contributed by atoms with E-state index in [1.165, 1.54) is 6.20 Å². The number of aliphatic imine (C=N–C) groups is 1. The predicted molar refractivity (Wildman–Crippen MR) is 158 cm³/mol. The first kappa shape index (κ1) is 28.7. The van der Waals surface area contributed by atoms with Gasteiger partial charge in [-0.1, -0.05) is 0 Å². The van der Waals surface area contributed by atoms with Crippen LogP contribution in [0.4, 0.5) is 16.4 Å². The summed E-state index contributed by atoms with van der Waals surface area (Å²) in [6.07, 6.45) is 5.69. The molecule has 1 aliphatic heterocycles. The lowest BCUT2D eigenvalue weighted by Gasteiger charge is -2.24. The molecule has 220 valence electrons. The van der Waals surface area contributed by atoms with Gasteiger partial charge in [-0.05, 0) is 70.4 Å². The van der Waals surface area contributed by atoms with E-state index in [1.807, 2.05) is 20.8 Å². The number of nitrogens with one attached hydrogen (secondary N) is 1. The van der Waals surface area contributed by atoms with E-state index in [-0.39, 0.29) is 35.8 Å². The molecule has 1 saturated carbocycles. The highest BCUT2D eigenvalue weighted by molar-refractivity contribution is 6.04. The first-order valence-corrected chi connectivity index (χ1v) is 13.8. The van der Waals surface area contributed by atoms with Crippen molar-refractivity contribution in [3.05, 3.63) is 66.0 Å². The van der Waals surface area contributed by atoms with E-state index in [0.717, 1.165) is 12.8 Å². The van der Waals surface area contributed by atoms with Gasteiger partial charge < -0.3 is 35.9 Å². The summed E-state index contributed by atoms with van der Waals surface area (Å²) in [5, 5.41) is 2.79. The fourth-order valence-corrected chi connectivity index (χ4v) is 4.32. The van der Waals surface area contributed by atoms with Crippen molar-refractivity contribution in [3.63, 3.8) is 0 Å². The van der Waals surface area contributed by atoms with Crippen LogP contribution in [0.5, 0.6) is 17.2 Å². The smallest absolute Gasteiger partial charge is 0.410 e. The number of amidine groups is 1. The van der Waals surface area contributed by atoms with Crippen molar-refractivity contribution in [3.8, 4) is 17.2 Å². The second-order valence-electron chi connectivity index (χ2n) is 11.2. The number of carbonyl (C=O) groups excluding carboxylic acids is 2. The van der Waals surface area contributed by atoms with Gasteiger partial charge in [0.15, 0.2) is 0 Å².